The average Bonchev–Trinajstić information content (AvgIpc) is 3.46. The number of hydrogen-bond donors (Lipinski definition) is 1. The van der Waals surface area contributed by atoms with E-state index >= 15 is 0 Å². The lowest BCUT2D eigenvalue weighted by atomic mass is 9.65. The van der Waals surface area contributed by atoms with Crippen molar-refractivity contribution in [2.45, 2.75) is 82.2 Å². The highest BCUT2D eigenvalue weighted by atomic mass is 16.2. The molecular formula is C22H30N2O2. The first kappa shape index (κ1) is 17.6. The van der Waals surface area contributed by atoms with Crippen molar-refractivity contribution in [3.8, 4) is 0 Å². The van der Waals surface area contributed by atoms with E-state index in [4.69, 9.17) is 0 Å². The molecule has 1 unspecified atom stereocenters. The van der Waals surface area contributed by atoms with E-state index in [0.717, 1.165) is 69.0 Å². The first-order valence-electron chi connectivity index (χ1n) is 10.4. The predicted molar refractivity (Wildman–Crippen MR) is 102 cm³/mol. The van der Waals surface area contributed by atoms with Crippen LogP contribution < -0.4 is 5.32 Å². The van der Waals surface area contributed by atoms with Crippen molar-refractivity contribution in [2.75, 3.05) is 6.54 Å². The molecule has 26 heavy (non-hydrogen) atoms. The van der Waals surface area contributed by atoms with Crippen molar-refractivity contribution >= 4 is 11.8 Å². The van der Waals surface area contributed by atoms with Crippen LogP contribution >= 0.6 is 0 Å². The molecule has 1 N–H and O–H groups in total. The predicted octanol–water partition coefficient (Wildman–Crippen LogP) is 4.01. The topological polar surface area (TPSA) is 49.4 Å². The van der Waals surface area contributed by atoms with Crippen LogP contribution in [0.2, 0.25) is 0 Å². The normalized spacial score (nSPS) is 24.4. The van der Waals surface area contributed by atoms with Gasteiger partial charge >= 0.3 is 0 Å². The quantitative estimate of drug-likeness (QED) is 0.868. The number of carbonyl (C=O) groups is 2. The van der Waals surface area contributed by atoms with E-state index in [0.29, 0.717) is 6.04 Å². The van der Waals surface area contributed by atoms with Gasteiger partial charge in [0.2, 0.25) is 5.91 Å². The molecule has 2 saturated carbocycles. The van der Waals surface area contributed by atoms with Crippen molar-refractivity contribution in [3.05, 3.63) is 35.4 Å². The van der Waals surface area contributed by atoms with Crippen molar-refractivity contribution in [1.82, 2.24) is 10.2 Å². The van der Waals surface area contributed by atoms with Crippen LogP contribution in [0.1, 0.15) is 86.6 Å². The third-order valence-corrected chi connectivity index (χ3v) is 6.46. The van der Waals surface area contributed by atoms with E-state index in [-0.39, 0.29) is 23.3 Å². The van der Waals surface area contributed by atoms with Crippen LogP contribution in [0.15, 0.2) is 24.3 Å². The Morgan fingerprint density at radius 2 is 1.92 bits per heavy atom. The molecule has 1 aromatic carbocycles. The number of rotatable bonds is 5. The minimum absolute atomic E-state index is 0.131. The molecule has 2 amide bonds. The van der Waals surface area contributed by atoms with Gasteiger partial charge in [-0.2, -0.15) is 0 Å². The van der Waals surface area contributed by atoms with Crippen LogP contribution in [0.5, 0.6) is 0 Å². The SMILES string of the molecule is CCCCN1C(=O)c2ccccc2C(C(=O)NC2CC2)C12CCCCC2. The fourth-order valence-corrected chi connectivity index (χ4v) is 5.00. The molecular weight excluding hydrogens is 324 g/mol. The lowest BCUT2D eigenvalue weighted by Gasteiger charge is -2.54. The summed E-state index contributed by atoms with van der Waals surface area (Å²) in [5, 5.41) is 3.25. The molecule has 0 bridgehead atoms. The molecule has 4 rings (SSSR count). The molecule has 3 aliphatic rings. The van der Waals surface area contributed by atoms with Gasteiger partial charge in [0, 0.05) is 18.2 Å². The lowest BCUT2D eigenvalue weighted by molar-refractivity contribution is -0.127. The molecule has 1 spiro atoms. The molecule has 2 fully saturated rings. The Morgan fingerprint density at radius 1 is 1.19 bits per heavy atom. The van der Waals surface area contributed by atoms with E-state index in [9.17, 15) is 9.59 Å². The number of amides is 2. The Kier molecular flexibility index (Phi) is 4.76. The molecule has 0 radical (unpaired) electrons. The van der Waals surface area contributed by atoms with E-state index < -0.39 is 0 Å². The molecule has 1 heterocycles. The molecule has 0 saturated heterocycles. The van der Waals surface area contributed by atoms with Crippen LogP contribution in [-0.2, 0) is 4.79 Å². The second-order valence-corrected chi connectivity index (χ2v) is 8.28. The number of carbonyl (C=O) groups excluding carboxylic acids is 2. The van der Waals surface area contributed by atoms with E-state index in [1.54, 1.807) is 0 Å². The van der Waals surface area contributed by atoms with Gasteiger partial charge in [-0.25, -0.2) is 0 Å². The average molecular weight is 354 g/mol. The van der Waals surface area contributed by atoms with Crippen LogP contribution in [-0.4, -0.2) is 34.8 Å². The van der Waals surface area contributed by atoms with Crippen molar-refractivity contribution < 1.29 is 9.59 Å². The number of benzene rings is 1. The molecule has 140 valence electrons. The molecule has 4 heteroatoms. The zero-order chi connectivity index (χ0) is 18.1. The van der Waals surface area contributed by atoms with Crippen molar-refractivity contribution in [3.63, 3.8) is 0 Å². The summed E-state index contributed by atoms with van der Waals surface area (Å²) in [7, 11) is 0. The molecule has 1 aliphatic heterocycles. The van der Waals surface area contributed by atoms with Gasteiger partial charge in [0.15, 0.2) is 0 Å². The number of nitrogens with one attached hydrogen (secondary N) is 1. The highest BCUT2D eigenvalue weighted by Crippen LogP contribution is 2.49. The van der Waals surface area contributed by atoms with Crippen LogP contribution in [0.4, 0.5) is 0 Å². The van der Waals surface area contributed by atoms with Gasteiger partial charge in [0.1, 0.15) is 0 Å². The van der Waals surface area contributed by atoms with Crippen LogP contribution in [0.25, 0.3) is 0 Å². The summed E-state index contributed by atoms with van der Waals surface area (Å²) in [6.07, 6.45) is 9.52. The van der Waals surface area contributed by atoms with Gasteiger partial charge in [0.25, 0.3) is 5.91 Å². The zero-order valence-corrected chi connectivity index (χ0v) is 15.8. The number of nitrogens with zero attached hydrogens (tertiary/aromatic N) is 1. The fraction of sp³-hybridized carbons (Fsp3) is 0.636. The molecule has 4 nitrogen and oxygen atoms in total. The van der Waals surface area contributed by atoms with Crippen molar-refractivity contribution in [1.29, 1.82) is 0 Å². The summed E-state index contributed by atoms with van der Waals surface area (Å²) in [5.41, 5.74) is 1.35. The van der Waals surface area contributed by atoms with Crippen LogP contribution in [0.3, 0.4) is 0 Å². The Bertz CT molecular complexity index is 689. The minimum Gasteiger partial charge on any atom is -0.353 e. The Balaban J connectivity index is 1.80. The number of fused-ring (bicyclic) bond motifs is 1. The Hall–Kier alpha value is -1.84. The van der Waals surface area contributed by atoms with Gasteiger partial charge in [-0.05, 0) is 43.7 Å². The number of unbranched alkanes of at least 4 members (excludes halogenated alkanes) is 1. The van der Waals surface area contributed by atoms with Gasteiger partial charge in [-0.15, -0.1) is 0 Å². The van der Waals surface area contributed by atoms with Gasteiger partial charge < -0.3 is 10.2 Å². The standard InChI is InChI=1S/C22H30N2O2/c1-2-3-15-24-21(26)18-10-6-5-9-17(18)19(20(25)23-16-11-12-16)22(24)13-7-4-8-14-22/h5-6,9-10,16,19H,2-4,7-8,11-15H2,1H3,(H,23,25). The summed E-state index contributed by atoms with van der Waals surface area (Å²) < 4.78 is 0. The summed E-state index contributed by atoms with van der Waals surface area (Å²) in [5.74, 6) is 0.0384. The molecule has 1 atom stereocenters. The maximum atomic E-state index is 13.4. The zero-order valence-electron chi connectivity index (χ0n) is 15.8. The molecule has 0 aromatic heterocycles. The Labute approximate surface area is 156 Å². The van der Waals surface area contributed by atoms with Gasteiger partial charge in [-0.1, -0.05) is 50.8 Å². The maximum absolute atomic E-state index is 13.4. The monoisotopic (exact) mass is 354 g/mol. The molecule has 1 aromatic rings. The van der Waals surface area contributed by atoms with E-state index in [2.05, 4.69) is 17.1 Å². The number of hydrogen-bond acceptors (Lipinski definition) is 2. The maximum Gasteiger partial charge on any atom is 0.254 e. The first-order chi connectivity index (χ1) is 12.7. The van der Waals surface area contributed by atoms with E-state index in [1.807, 2.05) is 24.3 Å². The van der Waals surface area contributed by atoms with E-state index in [1.165, 1.54) is 6.42 Å². The third kappa shape index (κ3) is 2.93. The smallest absolute Gasteiger partial charge is 0.254 e. The summed E-state index contributed by atoms with van der Waals surface area (Å²) in [6, 6.07) is 8.16. The second kappa shape index (κ2) is 7.05. The summed E-state index contributed by atoms with van der Waals surface area (Å²) >= 11 is 0. The Morgan fingerprint density at radius 3 is 2.62 bits per heavy atom. The van der Waals surface area contributed by atoms with Crippen LogP contribution in [0, 0.1) is 0 Å². The summed E-state index contributed by atoms with van der Waals surface area (Å²) in [6.45, 7) is 2.92. The first-order valence-corrected chi connectivity index (χ1v) is 10.4. The van der Waals surface area contributed by atoms with Gasteiger partial charge in [0.05, 0.1) is 11.5 Å². The highest BCUT2D eigenvalue weighted by molar-refractivity contribution is 6.02. The molecule has 2 aliphatic carbocycles. The summed E-state index contributed by atoms with van der Waals surface area (Å²) in [4.78, 5) is 28.8. The van der Waals surface area contributed by atoms with Crippen molar-refractivity contribution in [2.24, 2.45) is 0 Å². The highest BCUT2D eigenvalue weighted by Gasteiger charge is 2.54. The minimum atomic E-state index is -0.335. The lowest BCUT2D eigenvalue weighted by Crippen LogP contribution is -2.62. The largest absolute Gasteiger partial charge is 0.353 e. The fourth-order valence-electron chi connectivity index (χ4n) is 5.00. The second-order valence-electron chi connectivity index (χ2n) is 8.28. The van der Waals surface area contributed by atoms with Gasteiger partial charge in [-0.3, -0.25) is 9.59 Å². The third-order valence-electron chi connectivity index (χ3n) is 6.46.